The van der Waals surface area contributed by atoms with Gasteiger partial charge in [0.25, 0.3) is 5.91 Å². The minimum absolute atomic E-state index is 0.140. The zero-order valence-corrected chi connectivity index (χ0v) is 15.2. The Morgan fingerprint density at radius 1 is 1.24 bits per heavy atom. The van der Waals surface area contributed by atoms with Gasteiger partial charge in [-0.25, -0.2) is 8.42 Å². The summed E-state index contributed by atoms with van der Waals surface area (Å²) in [5.74, 6) is -0.877. The standard InChI is InChI=1S/C17H24N2O5S/c1-2-8-18-16(20)14-4-3-5-15(13-14)25(21,22)19-9-6-17(7-10-19)23-11-12-24-17/h3-5,13H,2,6-12H2,1H3,(H,18,20). The van der Waals surface area contributed by atoms with Crippen molar-refractivity contribution in [1.82, 2.24) is 9.62 Å². The summed E-state index contributed by atoms with van der Waals surface area (Å²) in [4.78, 5) is 12.2. The van der Waals surface area contributed by atoms with Crippen molar-refractivity contribution in [3.05, 3.63) is 29.8 Å². The molecule has 2 aliphatic rings. The number of sulfonamides is 1. The van der Waals surface area contributed by atoms with Crippen LogP contribution < -0.4 is 5.32 Å². The largest absolute Gasteiger partial charge is 0.352 e. The molecule has 2 saturated heterocycles. The lowest BCUT2D eigenvalue weighted by Crippen LogP contribution is -2.47. The van der Waals surface area contributed by atoms with Gasteiger partial charge in [-0.2, -0.15) is 4.31 Å². The van der Waals surface area contributed by atoms with Crippen molar-refractivity contribution in [1.29, 1.82) is 0 Å². The fourth-order valence-corrected chi connectivity index (χ4v) is 4.63. The van der Waals surface area contributed by atoms with Gasteiger partial charge >= 0.3 is 0 Å². The van der Waals surface area contributed by atoms with Crippen molar-refractivity contribution in [2.75, 3.05) is 32.8 Å². The van der Waals surface area contributed by atoms with Crippen LogP contribution in [0.5, 0.6) is 0 Å². The third kappa shape index (κ3) is 3.87. The second-order valence-electron chi connectivity index (χ2n) is 6.30. The molecule has 2 fully saturated rings. The molecule has 1 spiro atoms. The highest BCUT2D eigenvalue weighted by Crippen LogP contribution is 2.33. The molecular weight excluding hydrogens is 344 g/mol. The quantitative estimate of drug-likeness (QED) is 0.848. The molecule has 0 aromatic heterocycles. The topological polar surface area (TPSA) is 84.9 Å². The molecule has 0 radical (unpaired) electrons. The fraction of sp³-hybridized carbons (Fsp3) is 0.588. The number of nitrogens with one attached hydrogen (secondary N) is 1. The first-order valence-electron chi connectivity index (χ1n) is 8.63. The van der Waals surface area contributed by atoms with Gasteiger partial charge in [-0.05, 0) is 24.6 Å². The van der Waals surface area contributed by atoms with Crippen LogP contribution in [0.15, 0.2) is 29.2 Å². The van der Waals surface area contributed by atoms with Gasteiger partial charge in [0.1, 0.15) is 0 Å². The van der Waals surface area contributed by atoms with Crippen LogP contribution in [0.3, 0.4) is 0 Å². The summed E-state index contributed by atoms with van der Waals surface area (Å²) in [6, 6.07) is 6.18. The Bertz CT molecular complexity index is 718. The Morgan fingerprint density at radius 3 is 2.56 bits per heavy atom. The van der Waals surface area contributed by atoms with Crippen molar-refractivity contribution in [2.45, 2.75) is 36.9 Å². The Labute approximate surface area is 148 Å². The van der Waals surface area contributed by atoms with E-state index in [1.807, 2.05) is 6.92 Å². The maximum atomic E-state index is 12.9. The zero-order valence-electron chi connectivity index (χ0n) is 14.4. The number of ether oxygens (including phenoxy) is 2. The monoisotopic (exact) mass is 368 g/mol. The van der Waals surface area contributed by atoms with Gasteiger partial charge in [-0.3, -0.25) is 4.79 Å². The Balaban J connectivity index is 1.73. The smallest absolute Gasteiger partial charge is 0.251 e. The normalized spacial score (nSPS) is 20.7. The zero-order chi connectivity index (χ0) is 17.9. The van der Waals surface area contributed by atoms with Gasteiger partial charge in [0, 0.05) is 38.0 Å². The number of rotatable bonds is 5. The average Bonchev–Trinajstić information content (AvgIpc) is 3.08. The summed E-state index contributed by atoms with van der Waals surface area (Å²) in [5.41, 5.74) is 0.352. The van der Waals surface area contributed by atoms with E-state index in [2.05, 4.69) is 5.32 Å². The molecule has 7 nitrogen and oxygen atoms in total. The van der Waals surface area contributed by atoms with Crippen molar-refractivity contribution >= 4 is 15.9 Å². The summed E-state index contributed by atoms with van der Waals surface area (Å²) in [5, 5.41) is 2.76. The van der Waals surface area contributed by atoms with Crippen LogP contribution in [-0.4, -0.2) is 57.3 Å². The van der Waals surface area contributed by atoms with Gasteiger partial charge < -0.3 is 14.8 Å². The maximum absolute atomic E-state index is 12.9. The highest BCUT2D eigenvalue weighted by molar-refractivity contribution is 7.89. The predicted molar refractivity (Wildman–Crippen MR) is 91.7 cm³/mol. The SMILES string of the molecule is CCCNC(=O)c1cccc(S(=O)(=O)N2CCC3(CC2)OCCO3)c1. The van der Waals surface area contributed by atoms with Crippen LogP contribution >= 0.6 is 0 Å². The second kappa shape index (κ2) is 7.41. The number of piperidine rings is 1. The Kier molecular flexibility index (Phi) is 5.43. The number of carbonyl (C=O) groups is 1. The van der Waals surface area contributed by atoms with Crippen LogP contribution in [0.4, 0.5) is 0 Å². The number of hydrogen-bond acceptors (Lipinski definition) is 5. The molecule has 138 valence electrons. The fourth-order valence-electron chi connectivity index (χ4n) is 3.14. The van der Waals surface area contributed by atoms with E-state index in [9.17, 15) is 13.2 Å². The lowest BCUT2D eigenvalue weighted by Gasteiger charge is -2.36. The van der Waals surface area contributed by atoms with Gasteiger partial charge in [0.15, 0.2) is 5.79 Å². The number of hydrogen-bond donors (Lipinski definition) is 1. The van der Waals surface area contributed by atoms with Crippen molar-refractivity contribution in [3.63, 3.8) is 0 Å². The molecule has 2 heterocycles. The van der Waals surface area contributed by atoms with Crippen LogP contribution in [0.2, 0.25) is 0 Å². The molecule has 1 aromatic rings. The third-order valence-electron chi connectivity index (χ3n) is 4.57. The molecule has 0 unspecified atom stereocenters. The molecule has 8 heteroatoms. The highest BCUT2D eigenvalue weighted by atomic mass is 32.2. The molecule has 1 amide bonds. The average molecular weight is 368 g/mol. The molecule has 25 heavy (non-hydrogen) atoms. The molecule has 0 atom stereocenters. The summed E-state index contributed by atoms with van der Waals surface area (Å²) >= 11 is 0. The second-order valence-corrected chi connectivity index (χ2v) is 8.23. The first kappa shape index (κ1) is 18.3. The number of nitrogens with zero attached hydrogens (tertiary/aromatic N) is 1. The first-order valence-corrected chi connectivity index (χ1v) is 10.1. The van der Waals surface area contributed by atoms with Crippen molar-refractivity contribution in [2.24, 2.45) is 0 Å². The van der Waals surface area contributed by atoms with Crippen LogP contribution in [-0.2, 0) is 19.5 Å². The summed E-state index contributed by atoms with van der Waals surface area (Å²) in [6.07, 6.45) is 1.86. The molecular formula is C17H24N2O5S. The first-order chi connectivity index (χ1) is 12.0. The van der Waals surface area contributed by atoms with Crippen molar-refractivity contribution < 1.29 is 22.7 Å². The van der Waals surface area contributed by atoms with E-state index in [4.69, 9.17) is 9.47 Å². The lowest BCUT2D eigenvalue weighted by atomic mass is 10.1. The molecule has 1 aromatic carbocycles. The van der Waals surface area contributed by atoms with E-state index in [-0.39, 0.29) is 10.8 Å². The van der Waals surface area contributed by atoms with E-state index >= 15 is 0 Å². The number of amides is 1. The Hall–Kier alpha value is -1.48. The van der Waals surface area contributed by atoms with Gasteiger partial charge in [-0.15, -0.1) is 0 Å². The molecule has 0 bridgehead atoms. The highest BCUT2D eigenvalue weighted by Gasteiger charge is 2.42. The van der Waals surface area contributed by atoms with E-state index < -0.39 is 15.8 Å². The minimum Gasteiger partial charge on any atom is -0.352 e. The minimum atomic E-state index is -3.64. The van der Waals surface area contributed by atoms with E-state index in [0.29, 0.717) is 51.3 Å². The number of benzene rings is 1. The van der Waals surface area contributed by atoms with Crippen LogP contribution in [0.25, 0.3) is 0 Å². The summed E-state index contributed by atoms with van der Waals surface area (Å²) in [6.45, 7) is 4.32. The predicted octanol–water partition coefficient (Wildman–Crippen LogP) is 1.35. The van der Waals surface area contributed by atoms with Gasteiger partial charge in [0.2, 0.25) is 10.0 Å². The van der Waals surface area contributed by atoms with Crippen LogP contribution in [0, 0.1) is 0 Å². The van der Waals surface area contributed by atoms with Crippen molar-refractivity contribution in [3.8, 4) is 0 Å². The van der Waals surface area contributed by atoms with E-state index in [1.54, 1.807) is 12.1 Å². The molecule has 0 aliphatic carbocycles. The summed E-state index contributed by atoms with van der Waals surface area (Å²) in [7, 11) is -3.64. The van der Waals surface area contributed by atoms with Gasteiger partial charge in [0.05, 0.1) is 18.1 Å². The Morgan fingerprint density at radius 2 is 1.92 bits per heavy atom. The molecule has 3 rings (SSSR count). The number of carbonyl (C=O) groups excluding carboxylic acids is 1. The molecule has 0 saturated carbocycles. The lowest BCUT2D eigenvalue weighted by molar-refractivity contribution is -0.179. The maximum Gasteiger partial charge on any atom is 0.251 e. The van der Waals surface area contributed by atoms with E-state index in [1.165, 1.54) is 16.4 Å². The summed E-state index contributed by atoms with van der Waals surface area (Å²) < 4.78 is 38.5. The molecule has 1 N–H and O–H groups in total. The van der Waals surface area contributed by atoms with E-state index in [0.717, 1.165) is 6.42 Å². The van der Waals surface area contributed by atoms with Gasteiger partial charge in [-0.1, -0.05) is 13.0 Å². The third-order valence-corrected chi connectivity index (χ3v) is 6.46. The molecule has 2 aliphatic heterocycles. The van der Waals surface area contributed by atoms with Crippen LogP contribution in [0.1, 0.15) is 36.5 Å².